The number of nitrogens with zero attached hydrogens (tertiary/aromatic N) is 5. The fourth-order valence-corrected chi connectivity index (χ4v) is 3.45. The Morgan fingerprint density at radius 2 is 1.88 bits per heavy atom. The van der Waals surface area contributed by atoms with Crippen LogP contribution in [-0.4, -0.2) is 51.6 Å². The number of aromatic nitrogens is 3. The maximum absolute atomic E-state index is 12.8. The highest BCUT2D eigenvalue weighted by Crippen LogP contribution is 2.26. The van der Waals surface area contributed by atoms with E-state index in [0.717, 1.165) is 29.5 Å². The molecule has 2 aromatic heterocycles. The standard InChI is InChI=1S/C18H18ClN5O/c1-13-12-15(21-17-6-7-20-24(13)17)18(25)23-10-8-22(9-11-23)16-5-3-2-4-14(16)19/h2-7,12H,8-11H2,1H3. The van der Waals surface area contributed by atoms with Gasteiger partial charge in [-0.1, -0.05) is 23.7 Å². The maximum Gasteiger partial charge on any atom is 0.272 e. The summed E-state index contributed by atoms with van der Waals surface area (Å²) in [7, 11) is 0. The molecule has 0 spiro atoms. The van der Waals surface area contributed by atoms with Crippen LogP contribution in [0.5, 0.6) is 0 Å². The van der Waals surface area contributed by atoms with Gasteiger partial charge in [-0.15, -0.1) is 0 Å². The summed E-state index contributed by atoms with van der Waals surface area (Å²) in [5.41, 5.74) is 3.08. The molecule has 3 aromatic rings. The number of piperazine rings is 1. The lowest BCUT2D eigenvalue weighted by Gasteiger charge is -2.36. The van der Waals surface area contributed by atoms with Gasteiger partial charge in [-0.3, -0.25) is 4.79 Å². The molecule has 7 heteroatoms. The first kappa shape index (κ1) is 15.9. The van der Waals surface area contributed by atoms with Crippen LogP contribution in [0, 0.1) is 6.92 Å². The Bertz CT molecular complexity index is 930. The second kappa shape index (κ2) is 6.37. The lowest BCUT2D eigenvalue weighted by molar-refractivity contribution is 0.0741. The van der Waals surface area contributed by atoms with Crippen molar-refractivity contribution in [3.63, 3.8) is 0 Å². The number of rotatable bonds is 2. The van der Waals surface area contributed by atoms with Crippen LogP contribution in [0.15, 0.2) is 42.6 Å². The average Bonchev–Trinajstić information content (AvgIpc) is 3.11. The van der Waals surface area contributed by atoms with E-state index in [2.05, 4.69) is 15.0 Å². The summed E-state index contributed by atoms with van der Waals surface area (Å²) >= 11 is 6.27. The molecule has 1 aliphatic rings. The van der Waals surface area contributed by atoms with Crippen molar-refractivity contribution in [3.8, 4) is 0 Å². The van der Waals surface area contributed by atoms with Gasteiger partial charge in [0, 0.05) is 37.9 Å². The quantitative estimate of drug-likeness (QED) is 0.709. The van der Waals surface area contributed by atoms with Gasteiger partial charge >= 0.3 is 0 Å². The van der Waals surface area contributed by atoms with Crippen molar-refractivity contribution in [3.05, 3.63) is 59.0 Å². The van der Waals surface area contributed by atoms with Crippen LogP contribution < -0.4 is 4.90 Å². The van der Waals surface area contributed by atoms with Crippen molar-refractivity contribution < 1.29 is 4.79 Å². The second-order valence-corrected chi connectivity index (χ2v) is 6.52. The molecule has 0 N–H and O–H groups in total. The Labute approximate surface area is 150 Å². The second-order valence-electron chi connectivity index (χ2n) is 6.11. The van der Waals surface area contributed by atoms with Crippen LogP contribution in [0.4, 0.5) is 5.69 Å². The molecule has 128 valence electrons. The van der Waals surface area contributed by atoms with Crippen LogP contribution in [0.3, 0.4) is 0 Å². The number of halogens is 1. The van der Waals surface area contributed by atoms with Crippen molar-refractivity contribution >= 4 is 28.8 Å². The number of fused-ring (bicyclic) bond motifs is 1. The molecule has 1 amide bonds. The number of carbonyl (C=O) groups excluding carboxylic acids is 1. The van der Waals surface area contributed by atoms with Gasteiger partial charge < -0.3 is 9.80 Å². The van der Waals surface area contributed by atoms with E-state index in [1.165, 1.54) is 0 Å². The summed E-state index contributed by atoms with van der Waals surface area (Å²) in [5, 5.41) is 4.93. The number of aryl methyl sites for hydroxylation is 1. The zero-order chi connectivity index (χ0) is 17.4. The van der Waals surface area contributed by atoms with Crippen LogP contribution in [0.1, 0.15) is 16.2 Å². The topological polar surface area (TPSA) is 53.7 Å². The zero-order valence-electron chi connectivity index (χ0n) is 13.9. The van der Waals surface area contributed by atoms with Crippen molar-refractivity contribution in [1.29, 1.82) is 0 Å². The predicted molar refractivity (Wildman–Crippen MR) is 97.3 cm³/mol. The molecule has 6 nitrogen and oxygen atoms in total. The van der Waals surface area contributed by atoms with Gasteiger partial charge in [-0.25, -0.2) is 9.50 Å². The molecule has 0 unspecified atom stereocenters. The molecule has 1 saturated heterocycles. The smallest absolute Gasteiger partial charge is 0.272 e. The van der Waals surface area contributed by atoms with E-state index in [1.54, 1.807) is 22.8 Å². The molecule has 0 bridgehead atoms. The lowest BCUT2D eigenvalue weighted by Crippen LogP contribution is -2.49. The SMILES string of the molecule is Cc1cc(C(=O)N2CCN(c3ccccc3Cl)CC2)nc2ccnn12. The number of hydrogen-bond acceptors (Lipinski definition) is 4. The van der Waals surface area contributed by atoms with Crippen LogP contribution in [-0.2, 0) is 0 Å². The van der Waals surface area contributed by atoms with E-state index in [4.69, 9.17) is 11.6 Å². The molecule has 1 fully saturated rings. The molecule has 0 saturated carbocycles. The molecule has 0 aliphatic carbocycles. The van der Waals surface area contributed by atoms with Gasteiger partial charge in [0.2, 0.25) is 0 Å². The summed E-state index contributed by atoms with van der Waals surface area (Å²) < 4.78 is 1.73. The fraction of sp³-hybridized carbons (Fsp3) is 0.278. The van der Waals surface area contributed by atoms with Gasteiger partial charge in [0.15, 0.2) is 5.65 Å². The number of carbonyl (C=O) groups is 1. The third-order valence-electron chi connectivity index (χ3n) is 4.52. The Kier molecular flexibility index (Phi) is 4.05. The van der Waals surface area contributed by atoms with Gasteiger partial charge in [0.1, 0.15) is 5.69 Å². The fourth-order valence-electron chi connectivity index (χ4n) is 3.20. The van der Waals surface area contributed by atoms with Crippen LogP contribution in [0.25, 0.3) is 5.65 Å². The minimum atomic E-state index is -0.0365. The van der Waals surface area contributed by atoms with E-state index in [-0.39, 0.29) is 5.91 Å². The molecular formula is C18H18ClN5O. The van der Waals surface area contributed by atoms with E-state index in [9.17, 15) is 4.79 Å². The Morgan fingerprint density at radius 1 is 1.12 bits per heavy atom. The highest BCUT2D eigenvalue weighted by Gasteiger charge is 2.24. The Hall–Kier alpha value is -2.60. The number of para-hydroxylation sites is 1. The number of amides is 1. The Morgan fingerprint density at radius 3 is 2.64 bits per heavy atom. The number of anilines is 1. The van der Waals surface area contributed by atoms with Gasteiger partial charge in [0.25, 0.3) is 5.91 Å². The first-order valence-corrected chi connectivity index (χ1v) is 8.61. The van der Waals surface area contributed by atoms with E-state index in [1.807, 2.05) is 36.1 Å². The summed E-state index contributed by atoms with van der Waals surface area (Å²) in [6.07, 6.45) is 1.69. The minimum absolute atomic E-state index is 0.0365. The van der Waals surface area contributed by atoms with Crippen molar-refractivity contribution in [1.82, 2.24) is 19.5 Å². The summed E-state index contributed by atoms with van der Waals surface area (Å²) in [6, 6.07) is 11.4. The number of benzene rings is 1. The van der Waals surface area contributed by atoms with Crippen LogP contribution in [0.2, 0.25) is 5.02 Å². The largest absolute Gasteiger partial charge is 0.367 e. The van der Waals surface area contributed by atoms with Crippen molar-refractivity contribution in [2.45, 2.75) is 6.92 Å². The van der Waals surface area contributed by atoms with Crippen molar-refractivity contribution in [2.75, 3.05) is 31.1 Å². The van der Waals surface area contributed by atoms with Gasteiger partial charge in [-0.2, -0.15) is 5.10 Å². The normalized spacial score (nSPS) is 15.0. The average molecular weight is 356 g/mol. The third kappa shape index (κ3) is 2.93. The van der Waals surface area contributed by atoms with Crippen LogP contribution >= 0.6 is 11.6 Å². The lowest BCUT2D eigenvalue weighted by atomic mass is 10.2. The van der Waals surface area contributed by atoms with Gasteiger partial charge in [0.05, 0.1) is 16.9 Å². The molecule has 3 heterocycles. The first-order chi connectivity index (χ1) is 12.1. The molecule has 0 atom stereocenters. The zero-order valence-corrected chi connectivity index (χ0v) is 14.6. The molecule has 1 aromatic carbocycles. The van der Waals surface area contributed by atoms with E-state index in [0.29, 0.717) is 24.4 Å². The molecule has 0 radical (unpaired) electrons. The third-order valence-corrected chi connectivity index (χ3v) is 4.84. The Balaban J connectivity index is 1.50. The highest BCUT2D eigenvalue weighted by molar-refractivity contribution is 6.33. The van der Waals surface area contributed by atoms with Gasteiger partial charge in [-0.05, 0) is 25.1 Å². The van der Waals surface area contributed by atoms with E-state index >= 15 is 0 Å². The monoisotopic (exact) mass is 355 g/mol. The minimum Gasteiger partial charge on any atom is -0.367 e. The number of hydrogen-bond donors (Lipinski definition) is 0. The predicted octanol–water partition coefficient (Wildman–Crippen LogP) is 2.65. The molecule has 4 rings (SSSR count). The van der Waals surface area contributed by atoms with E-state index < -0.39 is 0 Å². The summed E-state index contributed by atoms with van der Waals surface area (Å²) in [5.74, 6) is -0.0365. The first-order valence-electron chi connectivity index (χ1n) is 8.23. The molecular weight excluding hydrogens is 338 g/mol. The molecule has 1 aliphatic heterocycles. The molecule has 25 heavy (non-hydrogen) atoms. The maximum atomic E-state index is 12.8. The summed E-state index contributed by atoms with van der Waals surface area (Å²) in [6.45, 7) is 4.73. The highest BCUT2D eigenvalue weighted by atomic mass is 35.5. The van der Waals surface area contributed by atoms with Crippen molar-refractivity contribution in [2.24, 2.45) is 0 Å². The summed E-state index contributed by atoms with van der Waals surface area (Å²) in [4.78, 5) is 21.3.